The van der Waals surface area contributed by atoms with Crippen LogP contribution in [0.3, 0.4) is 0 Å². The van der Waals surface area contributed by atoms with Crippen molar-refractivity contribution >= 4 is 21.6 Å². The Hall–Kier alpha value is -0.820. The van der Waals surface area contributed by atoms with Crippen molar-refractivity contribution < 1.29 is 17.9 Å². The van der Waals surface area contributed by atoms with Crippen LogP contribution in [0, 0.1) is 0 Å². The summed E-state index contributed by atoms with van der Waals surface area (Å²) >= 11 is 5.97. The summed E-state index contributed by atoms with van der Waals surface area (Å²) in [6.45, 7) is 1.32. The molecule has 1 heterocycles. The van der Waals surface area contributed by atoms with Crippen LogP contribution in [0.15, 0.2) is 23.1 Å². The molecule has 0 radical (unpaired) electrons. The number of benzene rings is 1. The van der Waals surface area contributed by atoms with E-state index in [1.165, 1.54) is 19.2 Å². The molecule has 0 aromatic heterocycles. The maximum absolute atomic E-state index is 12.9. The predicted molar refractivity (Wildman–Crippen MR) is 79.3 cm³/mol. The summed E-state index contributed by atoms with van der Waals surface area (Å²) in [4.78, 5) is 0.219. The van der Waals surface area contributed by atoms with Crippen molar-refractivity contribution in [3.8, 4) is 5.75 Å². The van der Waals surface area contributed by atoms with Crippen molar-refractivity contribution in [2.75, 3.05) is 26.9 Å². The highest BCUT2D eigenvalue weighted by molar-refractivity contribution is 7.89. The molecule has 0 atom stereocenters. The minimum absolute atomic E-state index is 0.219. The predicted octanol–water partition coefficient (Wildman–Crippen LogP) is 2.29. The lowest BCUT2D eigenvalue weighted by atomic mass is 9.77. The zero-order chi connectivity index (χ0) is 15.1. The molecule has 3 rings (SSSR count). The molecule has 1 saturated carbocycles. The van der Waals surface area contributed by atoms with Gasteiger partial charge in [0.05, 0.1) is 35.8 Å². The van der Waals surface area contributed by atoms with Gasteiger partial charge in [0, 0.05) is 12.6 Å². The van der Waals surface area contributed by atoms with Gasteiger partial charge >= 0.3 is 0 Å². The molecule has 1 spiro atoms. The quantitative estimate of drug-likeness (QED) is 0.852. The molecule has 2 aliphatic rings. The van der Waals surface area contributed by atoms with Gasteiger partial charge in [-0.2, -0.15) is 4.31 Å². The van der Waals surface area contributed by atoms with E-state index >= 15 is 0 Å². The maximum atomic E-state index is 12.9. The number of halogens is 1. The van der Waals surface area contributed by atoms with Crippen LogP contribution in [0.2, 0.25) is 5.02 Å². The second kappa shape index (κ2) is 5.43. The van der Waals surface area contributed by atoms with E-state index < -0.39 is 10.0 Å². The molecule has 1 aliphatic carbocycles. The molecule has 5 nitrogen and oxygen atoms in total. The van der Waals surface area contributed by atoms with E-state index in [1.54, 1.807) is 10.4 Å². The third kappa shape index (κ3) is 2.44. The number of hydrogen-bond donors (Lipinski definition) is 0. The minimum atomic E-state index is -3.57. The van der Waals surface area contributed by atoms with Crippen molar-refractivity contribution in [3.63, 3.8) is 0 Å². The number of methoxy groups -OCH3 is 1. The fourth-order valence-corrected chi connectivity index (χ4v) is 5.01. The Bertz CT molecular complexity index is 642. The Balaban J connectivity index is 1.99. The number of morpholine rings is 1. The van der Waals surface area contributed by atoms with Crippen LogP contribution in [0.25, 0.3) is 0 Å². The fourth-order valence-electron chi connectivity index (χ4n) is 3.00. The van der Waals surface area contributed by atoms with Crippen molar-refractivity contribution in [1.29, 1.82) is 0 Å². The summed E-state index contributed by atoms with van der Waals surface area (Å²) in [6, 6.07) is 4.57. The first-order valence-corrected chi connectivity index (χ1v) is 8.76. The van der Waals surface area contributed by atoms with Gasteiger partial charge in [-0.3, -0.25) is 0 Å². The smallest absolute Gasteiger partial charge is 0.243 e. The standard InChI is InChI=1S/C14H18ClNO4S/c1-19-13-9-11(3-4-12(13)15)21(17,18)16-7-8-20-10-14(16)5-2-6-14/h3-4,9H,2,5-8,10H2,1H3. The van der Waals surface area contributed by atoms with Crippen LogP contribution >= 0.6 is 11.6 Å². The van der Waals surface area contributed by atoms with E-state index in [-0.39, 0.29) is 10.4 Å². The minimum Gasteiger partial charge on any atom is -0.495 e. The third-order valence-corrected chi connectivity index (χ3v) is 6.65. The Kier molecular flexibility index (Phi) is 3.90. The molecule has 0 bridgehead atoms. The van der Waals surface area contributed by atoms with E-state index in [0.717, 1.165) is 19.3 Å². The Labute approximate surface area is 129 Å². The van der Waals surface area contributed by atoms with E-state index in [0.29, 0.717) is 30.5 Å². The number of sulfonamides is 1. The van der Waals surface area contributed by atoms with Gasteiger partial charge < -0.3 is 9.47 Å². The van der Waals surface area contributed by atoms with E-state index in [1.807, 2.05) is 0 Å². The Morgan fingerprint density at radius 1 is 1.38 bits per heavy atom. The van der Waals surface area contributed by atoms with Crippen LogP contribution < -0.4 is 4.74 Å². The van der Waals surface area contributed by atoms with Gasteiger partial charge in [0.25, 0.3) is 0 Å². The van der Waals surface area contributed by atoms with Crippen molar-refractivity contribution in [3.05, 3.63) is 23.2 Å². The van der Waals surface area contributed by atoms with E-state index in [9.17, 15) is 8.42 Å². The average Bonchev–Trinajstić information content (AvgIpc) is 2.45. The molecular weight excluding hydrogens is 314 g/mol. The van der Waals surface area contributed by atoms with E-state index in [2.05, 4.69) is 0 Å². The zero-order valence-electron chi connectivity index (χ0n) is 11.8. The summed E-state index contributed by atoms with van der Waals surface area (Å²) in [7, 11) is -2.09. The van der Waals surface area contributed by atoms with Gasteiger partial charge in [0.15, 0.2) is 0 Å². The molecule has 21 heavy (non-hydrogen) atoms. The molecule has 1 aromatic rings. The molecule has 116 valence electrons. The molecule has 0 unspecified atom stereocenters. The molecule has 0 N–H and O–H groups in total. The largest absolute Gasteiger partial charge is 0.495 e. The van der Waals surface area contributed by atoms with Crippen LogP contribution in [0.5, 0.6) is 5.75 Å². The Morgan fingerprint density at radius 2 is 2.14 bits per heavy atom. The molecule has 1 aliphatic heterocycles. The molecule has 1 saturated heterocycles. The number of hydrogen-bond acceptors (Lipinski definition) is 4. The lowest BCUT2D eigenvalue weighted by Crippen LogP contribution is -2.62. The average molecular weight is 332 g/mol. The molecule has 0 amide bonds. The summed E-state index contributed by atoms with van der Waals surface area (Å²) in [5.41, 5.74) is -0.357. The summed E-state index contributed by atoms with van der Waals surface area (Å²) in [5, 5.41) is 0.400. The number of ether oxygens (including phenoxy) is 2. The molecule has 1 aromatic carbocycles. The molecular formula is C14H18ClNO4S. The van der Waals surface area contributed by atoms with Crippen LogP contribution in [0.1, 0.15) is 19.3 Å². The van der Waals surface area contributed by atoms with Gasteiger partial charge in [-0.05, 0) is 31.4 Å². The molecule has 7 heteroatoms. The normalized spacial score (nSPS) is 22.0. The summed E-state index contributed by atoms with van der Waals surface area (Å²) < 4.78 is 38.1. The monoisotopic (exact) mass is 331 g/mol. The van der Waals surface area contributed by atoms with Gasteiger partial charge in [0.2, 0.25) is 10.0 Å². The number of nitrogens with zero attached hydrogens (tertiary/aromatic N) is 1. The van der Waals surface area contributed by atoms with Gasteiger partial charge in [-0.1, -0.05) is 11.6 Å². The second-order valence-corrected chi connectivity index (χ2v) is 7.77. The number of rotatable bonds is 3. The van der Waals surface area contributed by atoms with Gasteiger partial charge in [-0.25, -0.2) is 8.42 Å². The van der Waals surface area contributed by atoms with Crippen molar-refractivity contribution in [1.82, 2.24) is 4.31 Å². The highest BCUT2D eigenvalue weighted by atomic mass is 35.5. The first-order chi connectivity index (χ1) is 9.99. The van der Waals surface area contributed by atoms with E-state index in [4.69, 9.17) is 21.1 Å². The first kappa shape index (κ1) is 15.1. The fraction of sp³-hybridized carbons (Fsp3) is 0.571. The first-order valence-electron chi connectivity index (χ1n) is 6.94. The lowest BCUT2D eigenvalue weighted by Gasteiger charge is -2.51. The maximum Gasteiger partial charge on any atom is 0.243 e. The highest BCUT2D eigenvalue weighted by Crippen LogP contribution is 2.43. The van der Waals surface area contributed by atoms with Crippen molar-refractivity contribution in [2.45, 2.75) is 29.7 Å². The topological polar surface area (TPSA) is 55.8 Å². The third-order valence-electron chi connectivity index (χ3n) is 4.33. The zero-order valence-corrected chi connectivity index (χ0v) is 13.4. The summed E-state index contributed by atoms with van der Waals surface area (Å²) in [6.07, 6.45) is 2.76. The lowest BCUT2D eigenvalue weighted by molar-refractivity contribution is -0.0649. The van der Waals surface area contributed by atoms with Crippen LogP contribution in [0.4, 0.5) is 0 Å². The SMILES string of the molecule is COc1cc(S(=O)(=O)N2CCOCC23CCC3)ccc1Cl. The van der Waals surface area contributed by atoms with Gasteiger partial charge in [0.1, 0.15) is 5.75 Å². The highest BCUT2D eigenvalue weighted by Gasteiger charge is 2.50. The summed E-state index contributed by atoms with van der Waals surface area (Å²) in [5.74, 6) is 0.369. The Morgan fingerprint density at radius 3 is 2.76 bits per heavy atom. The molecule has 2 fully saturated rings. The van der Waals surface area contributed by atoms with Crippen LogP contribution in [-0.4, -0.2) is 45.1 Å². The van der Waals surface area contributed by atoms with Crippen molar-refractivity contribution in [2.24, 2.45) is 0 Å². The van der Waals surface area contributed by atoms with Crippen LogP contribution in [-0.2, 0) is 14.8 Å². The van der Waals surface area contributed by atoms with Gasteiger partial charge in [-0.15, -0.1) is 0 Å². The second-order valence-electron chi connectivity index (χ2n) is 5.50.